The van der Waals surface area contributed by atoms with Gasteiger partial charge in [0.1, 0.15) is 11.6 Å². The first-order valence-corrected chi connectivity index (χ1v) is 5.00. The van der Waals surface area contributed by atoms with E-state index in [4.69, 9.17) is 5.11 Å². The second-order valence-electron chi connectivity index (χ2n) is 3.94. The van der Waals surface area contributed by atoms with Gasteiger partial charge in [0.15, 0.2) is 0 Å². The fourth-order valence-electron chi connectivity index (χ4n) is 1.67. The Kier molecular flexibility index (Phi) is 2.98. The van der Waals surface area contributed by atoms with Gasteiger partial charge < -0.3 is 10.4 Å². The Morgan fingerprint density at radius 3 is 2.67 bits per heavy atom. The van der Waals surface area contributed by atoms with Crippen LogP contribution in [0.2, 0.25) is 0 Å². The standard InChI is InChI=1S/C11H13F2NO/c12-8-2-1-7(11(13)3-8)6-14-9-4-10(15)5-9/h1-3,9-10,14-15H,4-6H2. The van der Waals surface area contributed by atoms with Gasteiger partial charge in [0.2, 0.25) is 0 Å². The molecule has 0 spiro atoms. The van der Waals surface area contributed by atoms with E-state index in [0.29, 0.717) is 24.9 Å². The van der Waals surface area contributed by atoms with Crippen molar-refractivity contribution in [2.75, 3.05) is 0 Å². The van der Waals surface area contributed by atoms with E-state index >= 15 is 0 Å². The summed E-state index contributed by atoms with van der Waals surface area (Å²) in [5.74, 6) is -1.09. The number of nitrogens with one attached hydrogen (secondary N) is 1. The molecule has 2 rings (SSSR count). The Bertz CT molecular complexity index is 350. The lowest BCUT2D eigenvalue weighted by Gasteiger charge is -2.32. The summed E-state index contributed by atoms with van der Waals surface area (Å²) in [5, 5.41) is 12.1. The second kappa shape index (κ2) is 4.24. The van der Waals surface area contributed by atoms with Gasteiger partial charge in [-0.15, -0.1) is 0 Å². The minimum atomic E-state index is -0.560. The van der Waals surface area contributed by atoms with E-state index in [-0.39, 0.29) is 12.1 Å². The lowest BCUT2D eigenvalue weighted by Crippen LogP contribution is -2.43. The van der Waals surface area contributed by atoms with Crippen LogP contribution in [-0.2, 0) is 6.54 Å². The van der Waals surface area contributed by atoms with Crippen LogP contribution in [0.25, 0.3) is 0 Å². The molecule has 1 aromatic rings. The normalized spacial score (nSPS) is 25.0. The molecule has 2 nitrogen and oxygen atoms in total. The maximum atomic E-state index is 13.2. The molecule has 0 aromatic heterocycles. The number of aliphatic hydroxyl groups is 1. The third-order valence-corrected chi connectivity index (χ3v) is 2.71. The lowest BCUT2D eigenvalue weighted by atomic mass is 9.89. The van der Waals surface area contributed by atoms with E-state index in [9.17, 15) is 8.78 Å². The summed E-state index contributed by atoms with van der Waals surface area (Å²) in [6.45, 7) is 0.378. The van der Waals surface area contributed by atoms with Crippen LogP contribution in [0.15, 0.2) is 18.2 Å². The van der Waals surface area contributed by atoms with E-state index in [0.717, 1.165) is 6.07 Å². The Hall–Kier alpha value is -1.00. The number of hydrogen-bond donors (Lipinski definition) is 2. The smallest absolute Gasteiger partial charge is 0.130 e. The van der Waals surface area contributed by atoms with Crippen LogP contribution < -0.4 is 5.32 Å². The summed E-state index contributed by atoms with van der Waals surface area (Å²) in [7, 11) is 0. The zero-order valence-corrected chi connectivity index (χ0v) is 8.21. The van der Waals surface area contributed by atoms with Gasteiger partial charge in [0.25, 0.3) is 0 Å². The highest BCUT2D eigenvalue weighted by Gasteiger charge is 2.26. The van der Waals surface area contributed by atoms with E-state index in [2.05, 4.69) is 5.32 Å². The molecule has 0 unspecified atom stereocenters. The van der Waals surface area contributed by atoms with Crippen LogP contribution in [-0.4, -0.2) is 17.3 Å². The van der Waals surface area contributed by atoms with Gasteiger partial charge in [-0.05, 0) is 18.9 Å². The first-order chi connectivity index (χ1) is 7.15. The van der Waals surface area contributed by atoms with Gasteiger partial charge >= 0.3 is 0 Å². The number of halogens is 2. The molecule has 4 heteroatoms. The van der Waals surface area contributed by atoms with Crippen molar-refractivity contribution in [3.05, 3.63) is 35.4 Å². The quantitative estimate of drug-likeness (QED) is 0.799. The van der Waals surface area contributed by atoms with Crippen molar-refractivity contribution in [3.63, 3.8) is 0 Å². The highest BCUT2D eigenvalue weighted by Crippen LogP contribution is 2.20. The van der Waals surface area contributed by atoms with Crippen LogP contribution in [0.5, 0.6) is 0 Å². The van der Waals surface area contributed by atoms with Gasteiger partial charge in [-0.3, -0.25) is 0 Å². The summed E-state index contributed by atoms with van der Waals surface area (Å²) in [6, 6.07) is 3.82. The molecular weight excluding hydrogens is 200 g/mol. The largest absolute Gasteiger partial charge is 0.393 e. The van der Waals surface area contributed by atoms with Crippen molar-refractivity contribution in [3.8, 4) is 0 Å². The molecular formula is C11H13F2NO. The molecule has 0 aliphatic heterocycles. The highest BCUT2D eigenvalue weighted by molar-refractivity contribution is 5.18. The minimum absolute atomic E-state index is 0.222. The molecule has 1 aliphatic rings. The SMILES string of the molecule is OC1CC(NCc2ccc(F)cc2F)C1. The summed E-state index contributed by atoms with van der Waals surface area (Å²) >= 11 is 0. The van der Waals surface area contributed by atoms with Crippen LogP contribution in [0.1, 0.15) is 18.4 Å². The molecule has 2 N–H and O–H groups in total. The van der Waals surface area contributed by atoms with Gasteiger partial charge in [0.05, 0.1) is 6.10 Å². The van der Waals surface area contributed by atoms with Gasteiger partial charge in [-0.25, -0.2) is 8.78 Å². The average molecular weight is 213 g/mol. The van der Waals surface area contributed by atoms with Crippen LogP contribution in [0.4, 0.5) is 8.78 Å². The third-order valence-electron chi connectivity index (χ3n) is 2.71. The van der Waals surface area contributed by atoms with E-state index < -0.39 is 11.6 Å². The zero-order valence-electron chi connectivity index (χ0n) is 8.21. The average Bonchev–Trinajstić information content (AvgIpc) is 2.13. The predicted molar refractivity (Wildman–Crippen MR) is 52.2 cm³/mol. The second-order valence-corrected chi connectivity index (χ2v) is 3.94. The van der Waals surface area contributed by atoms with Crippen LogP contribution >= 0.6 is 0 Å². The van der Waals surface area contributed by atoms with Crippen LogP contribution in [0.3, 0.4) is 0 Å². The Morgan fingerprint density at radius 1 is 1.33 bits per heavy atom. The number of benzene rings is 1. The molecule has 0 heterocycles. The maximum Gasteiger partial charge on any atom is 0.130 e. The van der Waals surface area contributed by atoms with Crippen molar-refractivity contribution in [1.29, 1.82) is 0 Å². The molecule has 15 heavy (non-hydrogen) atoms. The van der Waals surface area contributed by atoms with E-state index in [1.54, 1.807) is 0 Å². The van der Waals surface area contributed by atoms with Crippen molar-refractivity contribution < 1.29 is 13.9 Å². The molecule has 1 aromatic carbocycles. The number of rotatable bonds is 3. The van der Waals surface area contributed by atoms with Gasteiger partial charge in [-0.2, -0.15) is 0 Å². The fourth-order valence-corrected chi connectivity index (χ4v) is 1.67. The number of hydrogen-bond acceptors (Lipinski definition) is 2. The Balaban J connectivity index is 1.88. The summed E-state index contributed by atoms with van der Waals surface area (Å²) in [4.78, 5) is 0. The molecule has 0 amide bonds. The molecule has 1 fully saturated rings. The van der Waals surface area contributed by atoms with Gasteiger partial charge in [-0.1, -0.05) is 6.07 Å². The molecule has 0 atom stereocenters. The highest BCUT2D eigenvalue weighted by atomic mass is 19.1. The third kappa shape index (κ3) is 2.52. The van der Waals surface area contributed by atoms with Crippen LogP contribution in [0, 0.1) is 11.6 Å². The Morgan fingerprint density at radius 2 is 2.07 bits per heavy atom. The van der Waals surface area contributed by atoms with Crippen molar-refractivity contribution in [2.45, 2.75) is 31.5 Å². The summed E-state index contributed by atoms with van der Waals surface area (Å²) < 4.78 is 25.8. The Labute approximate surface area is 86.9 Å². The molecule has 0 radical (unpaired) electrons. The molecule has 0 bridgehead atoms. The zero-order chi connectivity index (χ0) is 10.8. The van der Waals surface area contributed by atoms with E-state index in [1.165, 1.54) is 12.1 Å². The lowest BCUT2D eigenvalue weighted by molar-refractivity contribution is 0.0618. The molecule has 1 aliphatic carbocycles. The molecule has 0 saturated heterocycles. The summed E-state index contributed by atoms with van der Waals surface area (Å²) in [6.07, 6.45) is 1.20. The predicted octanol–water partition coefficient (Wildman–Crippen LogP) is 1.58. The topological polar surface area (TPSA) is 32.3 Å². The minimum Gasteiger partial charge on any atom is -0.393 e. The summed E-state index contributed by atoms with van der Waals surface area (Å²) in [5.41, 5.74) is 0.456. The van der Waals surface area contributed by atoms with Crippen molar-refractivity contribution in [1.82, 2.24) is 5.32 Å². The first-order valence-electron chi connectivity index (χ1n) is 5.00. The van der Waals surface area contributed by atoms with E-state index in [1.807, 2.05) is 0 Å². The molecule has 82 valence electrons. The maximum absolute atomic E-state index is 13.2. The monoisotopic (exact) mass is 213 g/mol. The first kappa shape index (κ1) is 10.5. The van der Waals surface area contributed by atoms with Crippen molar-refractivity contribution in [2.24, 2.45) is 0 Å². The molecule has 1 saturated carbocycles. The fraction of sp³-hybridized carbons (Fsp3) is 0.455. The van der Waals surface area contributed by atoms with Gasteiger partial charge in [0, 0.05) is 24.2 Å². The van der Waals surface area contributed by atoms with Crippen molar-refractivity contribution >= 4 is 0 Å². The number of aliphatic hydroxyl groups excluding tert-OH is 1.